The number of fused-ring (bicyclic) bond motifs is 1. The number of hydrogen-bond acceptors (Lipinski definition) is 4. The summed E-state index contributed by atoms with van der Waals surface area (Å²) in [6, 6.07) is 6.65. The van der Waals surface area contributed by atoms with Crippen molar-refractivity contribution in [2.45, 2.75) is 65.7 Å². The normalized spacial score (nSPS) is 17.9. The van der Waals surface area contributed by atoms with Gasteiger partial charge in [0.25, 0.3) is 0 Å². The maximum absolute atomic E-state index is 15.4. The molecule has 2 atom stereocenters. The van der Waals surface area contributed by atoms with Crippen LogP contribution in [0.25, 0.3) is 17.4 Å². The number of aromatic nitrogens is 1. The Labute approximate surface area is 215 Å². The van der Waals surface area contributed by atoms with Crippen LogP contribution in [0.4, 0.5) is 13.2 Å². The van der Waals surface area contributed by atoms with Crippen molar-refractivity contribution in [1.82, 2.24) is 9.88 Å². The van der Waals surface area contributed by atoms with Gasteiger partial charge in [0, 0.05) is 36.7 Å². The Hall–Kier alpha value is -3.39. The quantitative estimate of drug-likeness (QED) is 0.354. The molecule has 2 heterocycles. The predicted octanol–water partition coefficient (Wildman–Crippen LogP) is 7.14. The van der Waals surface area contributed by atoms with Crippen LogP contribution >= 0.6 is 0 Å². The number of aliphatic carboxylic acids is 1. The summed E-state index contributed by atoms with van der Waals surface area (Å²) in [5, 5.41) is 8.83. The topological polar surface area (TPSA) is 66.6 Å². The van der Waals surface area contributed by atoms with Crippen molar-refractivity contribution in [2.24, 2.45) is 0 Å². The van der Waals surface area contributed by atoms with Gasteiger partial charge in [0.15, 0.2) is 11.7 Å². The van der Waals surface area contributed by atoms with E-state index >= 15 is 8.78 Å². The number of halogens is 3. The summed E-state index contributed by atoms with van der Waals surface area (Å²) in [5.41, 5.74) is 0.652. The molecule has 0 bridgehead atoms. The van der Waals surface area contributed by atoms with E-state index in [4.69, 9.17) is 9.52 Å². The van der Waals surface area contributed by atoms with Gasteiger partial charge in [-0.25, -0.2) is 22.9 Å². The second-order valence-corrected chi connectivity index (χ2v) is 9.57. The van der Waals surface area contributed by atoms with E-state index in [2.05, 4.69) is 4.98 Å². The highest BCUT2D eigenvalue weighted by Gasteiger charge is 2.39. The molecule has 5 nitrogen and oxygen atoms in total. The third kappa shape index (κ3) is 6.49. The number of oxazole rings is 1. The van der Waals surface area contributed by atoms with E-state index in [0.717, 1.165) is 35.4 Å². The lowest BCUT2D eigenvalue weighted by Gasteiger charge is -2.44. The minimum absolute atomic E-state index is 0.0269. The summed E-state index contributed by atoms with van der Waals surface area (Å²) in [7, 11) is 0. The van der Waals surface area contributed by atoms with Crippen LogP contribution in [0, 0.1) is 18.6 Å². The lowest BCUT2D eigenvalue weighted by Crippen LogP contribution is -2.48. The number of carboxylic acid groups (broad SMARTS) is 1. The first-order valence-corrected chi connectivity index (χ1v) is 12.3. The molecule has 1 aliphatic rings. The number of hydrogen-bond donors (Lipinski definition) is 1. The number of carbonyl (C=O) groups is 1. The van der Waals surface area contributed by atoms with E-state index in [-0.39, 0.29) is 23.7 Å². The second-order valence-electron chi connectivity index (χ2n) is 9.57. The summed E-state index contributed by atoms with van der Waals surface area (Å²) in [4.78, 5) is 16.7. The number of carboxylic acids is 1. The molecule has 0 fully saturated rings. The molecule has 1 aliphatic heterocycles. The van der Waals surface area contributed by atoms with Crippen LogP contribution < -0.4 is 0 Å². The molecular weight excluding hydrogens is 481 g/mol. The van der Waals surface area contributed by atoms with Gasteiger partial charge in [-0.1, -0.05) is 26.0 Å². The van der Waals surface area contributed by atoms with Gasteiger partial charge in [-0.05, 0) is 68.2 Å². The van der Waals surface area contributed by atoms with Crippen molar-refractivity contribution in [1.29, 1.82) is 0 Å². The van der Waals surface area contributed by atoms with Crippen LogP contribution in [0.5, 0.6) is 0 Å². The zero-order valence-electron chi connectivity index (χ0n) is 22.0. The van der Waals surface area contributed by atoms with Crippen molar-refractivity contribution < 1.29 is 27.5 Å². The molecule has 8 heteroatoms. The lowest BCUT2D eigenvalue weighted by atomic mass is 9.82. The number of benzene rings is 2. The first-order valence-electron chi connectivity index (χ1n) is 12.3. The number of alkyl halides is 1. The van der Waals surface area contributed by atoms with Crippen LogP contribution in [-0.4, -0.2) is 39.2 Å². The molecule has 0 amide bonds. The highest BCUT2D eigenvalue weighted by Crippen LogP contribution is 2.42. The average molecular weight is 515 g/mol. The van der Waals surface area contributed by atoms with Crippen LogP contribution in [0.15, 0.2) is 47.0 Å². The summed E-state index contributed by atoms with van der Waals surface area (Å²) in [5.74, 6) is -1.75. The third-order valence-electron chi connectivity index (χ3n) is 6.11. The fourth-order valence-electron chi connectivity index (χ4n) is 4.70. The van der Waals surface area contributed by atoms with Crippen LogP contribution in [-0.2, 0) is 11.2 Å². The standard InChI is InChI=1S/C27H27F3N2O3.C2H6/c1-15-9-19-12-18(23-13-31-16(2)35-23)6-7-20(19)26(32(15)14-27(3,4)30)25-21(28)10-17(11-22(25)29)5-8-24(33)34;1-2/h5-8,10-13,15,26H,9,14H2,1-4H3,(H,33,34);1-2H3/b8-5+;. The SMILES string of the molecule is CC.Cc1ncc(-c2ccc3c(c2)CC(C)N(CC(C)(C)F)C3c2c(F)cc(/C=C/C(=O)O)cc2F)o1. The Bertz CT molecular complexity index is 1270. The molecule has 0 spiro atoms. The van der Waals surface area contributed by atoms with Gasteiger partial charge in [0.2, 0.25) is 0 Å². The van der Waals surface area contributed by atoms with Crippen molar-refractivity contribution >= 4 is 12.0 Å². The van der Waals surface area contributed by atoms with E-state index in [1.54, 1.807) is 30.2 Å². The van der Waals surface area contributed by atoms with Crippen LogP contribution in [0.1, 0.15) is 68.8 Å². The predicted molar refractivity (Wildman–Crippen MR) is 138 cm³/mol. The zero-order valence-corrected chi connectivity index (χ0v) is 22.0. The van der Waals surface area contributed by atoms with Crippen molar-refractivity contribution in [3.63, 3.8) is 0 Å². The van der Waals surface area contributed by atoms with E-state index in [1.165, 1.54) is 13.8 Å². The first-order chi connectivity index (χ1) is 17.4. The van der Waals surface area contributed by atoms with E-state index in [9.17, 15) is 9.18 Å². The molecule has 0 saturated carbocycles. The molecular formula is C29H33F3N2O3. The molecule has 198 valence electrons. The Kier molecular flexibility index (Phi) is 8.64. The van der Waals surface area contributed by atoms with Gasteiger partial charge >= 0.3 is 5.97 Å². The minimum atomic E-state index is -1.60. The molecule has 4 rings (SSSR count). The van der Waals surface area contributed by atoms with Gasteiger partial charge in [-0.15, -0.1) is 0 Å². The molecule has 2 aromatic carbocycles. The van der Waals surface area contributed by atoms with E-state index in [1.807, 2.05) is 26.8 Å². The average Bonchev–Trinajstić information content (AvgIpc) is 3.25. The third-order valence-corrected chi connectivity index (χ3v) is 6.11. The molecule has 0 aliphatic carbocycles. The molecule has 1 aromatic heterocycles. The van der Waals surface area contributed by atoms with Crippen LogP contribution in [0.3, 0.4) is 0 Å². The number of rotatable bonds is 6. The number of nitrogens with zero attached hydrogens (tertiary/aromatic N) is 2. The van der Waals surface area contributed by atoms with E-state index in [0.29, 0.717) is 23.6 Å². The second kappa shape index (κ2) is 11.3. The lowest BCUT2D eigenvalue weighted by molar-refractivity contribution is -0.131. The minimum Gasteiger partial charge on any atom is -0.478 e. The molecule has 37 heavy (non-hydrogen) atoms. The Morgan fingerprint density at radius 3 is 2.41 bits per heavy atom. The molecule has 2 unspecified atom stereocenters. The summed E-state index contributed by atoms with van der Waals surface area (Å²) >= 11 is 0. The summed E-state index contributed by atoms with van der Waals surface area (Å²) in [6.45, 7) is 10.5. The van der Waals surface area contributed by atoms with Gasteiger partial charge in [0.1, 0.15) is 17.3 Å². The molecule has 1 N–H and O–H groups in total. The van der Waals surface area contributed by atoms with Crippen LogP contribution in [0.2, 0.25) is 0 Å². The zero-order chi connectivity index (χ0) is 27.5. The van der Waals surface area contributed by atoms with Gasteiger partial charge in [-0.3, -0.25) is 4.90 Å². The summed E-state index contributed by atoms with van der Waals surface area (Å²) in [6.07, 6.45) is 4.13. The maximum Gasteiger partial charge on any atom is 0.328 e. The highest BCUT2D eigenvalue weighted by atomic mass is 19.1. The van der Waals surface area contributed by atoms with Crippen molar-refractivity contribution in [3.05, 3.63) is 82.4 Å². The van der Waals surface area contributed by atoms with E-state index < -0.39 is 29.3 Å². The smallest absolute Gasteiger partial charge is 0.328 e. The first kappa shape index (κ1) is 28.2. The van der Waals surface area contributed by atoms with Gasteiger partial charge in [0.05, 0.1) is 12.2 Å². The Morgan fingerprint density at radius 2 is 1.86 bits per heavy atom. The Morgan fingerprint density at radius 1 is 1.22 bits per heavy atom. The largest absolute Gasteiger partial charge is 0.478 e. The molecule has 3 aromatic rings. The fourth-order valence-corrected chi connectivity index (χ4v) is 4.70. The monoisotopic (exact) mass is 514 g/mol. The Balaban J connectivity index is 0.00000186. The molecule has 0 radical (unpaired) electrons. The van der Waals surface area contributed by atoms with Crippen molar-refractivity contribution in [2.75, 3.05) is 6.54 Å². The number of aryl methyl sites for hydroxylation is 1. The summed E-state index contributed by atoms with van der Waals surface area (Å²) < 4.78 is 51.3. The molecule has 0 saturated heterocycles. The van der Waals surface area contributed by atoms with Gasteiger partial charge < -0.3 is 9.52 Å². The fraction of sp³-hybridized carbons (Fsp3) is 0.379. The van der Waals surface area contributed by atoms with Crippen molar-refractivity contribution in [3.8, 4) is 11.3 Å². The van der Waals surface area contributed by atoms with Gasteiger partial charge in [-0.2, -0.15) is 0 Å². The maximum atomic E-state index is 15.4. The highest BCUT2D eigenvalue weighted by molar-refractivity contribution is 5.85.